The number of aromatic nitrogens is 2. The Balaban J connectivity index is 1.80. The second kappa shape index (κ2) is 7.54. The molecule has 0 aromatic carbocycles. The molecule has 24 heavy (non-hydrogen) atoms. The zero-order valence-corrected chi connectivity index (χ0v) is 15.6. The Labute approximate surface area is 145 Å². The molecule has 1 aliphatic carbocycles. The third-order valence-electron chi connectivity index (χ3n) is 4.78. The lowest BCUT2D eigenvalue weighted by Crippen LogP contribution is -2.29. The monoisotopic (exact) mass is 355 g/mol. The van der Waals surface area contributed by atoms with Crippen molar-refractivity contribution in [3.8, 4) is 0 Å². The van der Waals surface area contributed by atoms with E-state index < -0.39 is 9.84 Å². The molecule has 0 bridgehead atoms. The first kappa shape index (κ1) is 17.9. The summed E-state index contributed by atoms with van der Waals surface area (Å²) < 4.78 is 31.8. The quantitative estimate of drug-likeness (QED) is 0.679. The van der Waals surface area contributed by atoms with Crippen LogP contribution in [-0.4, -0.2) is 54.9 Å². The van der Waals surface area contributed by atoms with Gasteiger partial charge in [-0.3, -0.25) is 4.90 Å². The van der Waals surface area contributed by atoms with Crippen LogP contribution in [0.4, 0.5) is 0 Å². The normalized spacial score (nSPS) is 21.7. The van der Waals surface area contributed by atoms with Gasteiger partial charge in [-0.05, 0) is 44.6 Å². The summed E-state index contributed by atoms with van der Waals surface area (Å²) in [5.41, 5.74) is 0.986. The van der Waals surface area contributed by atoms with Crippen molar-refractivity contribution in [2.75, 3.05) is 26.0 Å². The number of nitrogens with zero attached hydrogens (tertiary/aromatic N) is 3. The number of ether oxygens (including phenoxy) is 1. The molecule has 1 aromatic rings. The maximum atomic E-state index is 12.1. The van der Waals surface area contributed by atoms with Gasteiger partial charge in [0.1, 0.15) is 0 Å². The second-order valence-corrected chi connectivity index (χ2v) is 9.14. The van der Waals surface area contributed by atoms with Crippen molar-refractivity contribution in [1.82, 2.24) is 14.5 Å². The van der Waals surface area contributed by atoms with Crippen LogP contribution in [0, 0.1) is 5.92 Å². The molecule has 1 unspecified atom stereocenters. The SMILES string of the molecule is CCCN(Cc1cnc(S(C)(=O)=O)n1CC1CCCO1)CC1CC1. The van der Waals surface area contributed by atoms with Crippen LogP contribution in [0.25, 0.3) is 0 Å². The maximum Gasteiger partial charge on any atom is 0.227 e. The van der Waals surface area contributed by atoms with Gasteiger partial charge in [-0.2, -0.15) is 0 Å². The average Bonchev–Trinajstić information content (AvgIpc) is 3.01. The first-order valence-corrected chi connectivity index (χ1v) is 10.9. The van der Waals surface area contributed by atoms with Crippen molar-refractivity contribution in [1.29, 1.82) is 0 Å². The van der Waals surface area contributed by atoms with Gasteiger partial charge in [0.15, 0.2) is 0 Å². The Bertz CT molecular complexity index is 646. The van der Waals surface area contributed by atoms with E-state index in [0.717, 1.165) is 57.1 Å². The number of hydrogen-bond donors (Lipinski definition) is 0. The minimum absolute atomic E-state index is 0.0986. The van der Waals surface area contributed by atoms with Crippen LogP contribution in [0.2, 0.25) is 0 Å². The van der Waals surface area contributed by atoms with E-state index in [4.69, 9.17) is 4.74 Å². The van der Waals surface area contributed by atoms with Crippen molar-refractivity contribution in [3.05, 3.63) is 11.9 Å². The van der Waals surface area contributed by atoms with Crippen molar-refractivity contribution in [2.24, 2.45) is 5.92 Å². The van der Waals surface area contributed by atoms with Crippen LogP contribution in [0.5, 0.6) is 0 Å². The topological polar surface area (TPSA) is 64.4 Å². The first-order valence-electron chi connectivity index (χ1n) is 9.05. The summed E-state index contributed by atoms with van der Waals surface area (Å²) in [5, 5.41) is 0.177. The molecule has 0 spiro atoms. The van der Waals surface area contributed by atoms with Gasteiger partial charge >= 0.3 is 0 Å². The molecule has 1 saturated carbocycles. The average molecular weight is 356 g/mol. The van der Waals surface area contributed by atoms with Crippen molar-refractivity contribution in [3.63, 3.8) is 0 Å². The Kier molecular flexibility index (Phi) is 5.62. The molecule has 0 amide bonds. The molecule has 1 aromatic heterocycles. The fraction of sp³-hybridized carbons (Fsp3) is 0.824. The Morgan fingerprint density at radius 1 is 1.38 bits per heavy atom. The summed E-state index contributed by atoms with van der Waals surface area (Å²) in [6.07, 6.45) is 8.86. The van der Waals surface area contributed by atoms with E-state index in [0.29, 0.717) is 6.54 Å². The first-order chi connectivity index (χ1) is 11.5. The number of hydrogen-bond acceptors (Lipinski definition) is 5. The van der Waals surface area contributed by atoms with E-state index >= 15 is 0 Å². The molecule has 1 saturated heterocycles. The van der Waals surface area contributed by atoms with E-state index in [1.807, 2.05) is 4.57 Å². The van der Waals surface area contributed by atoms with Crippen molar-refractivity contribution < 1.29 is 13.2 Å². The summed E-state index contributed by atoms with van der Waals surface area (Å²) in [6.45, 7) is 6.45. The maximum absolute atomic E-state index is 12.1. The number of sulfone groups is 1. The van der Waals surface area contributed by atoms with Crippen molar-refractivity contribution in [2.45, 2.75) is 63.4 Å². The molecular formula is C17H29N3O3S. The zero-order valence-electron chi connectivity index (χ0n) is 14.8. The van der Waals surface area contributed by atoms with Crippen LogP contribution in [0.3, 0.4) is 0 Å². The van der Waals surface area contributed by atoms with Gasteiger partial charge in [0.2, 0.25) is 15.0 Å². The highest BCUT2D eigenvalue weighted by atomic mass is 32.2. The molecule has 3 rings (SSSR count). The highest BCUT2D eigenvalue weighted by Gasteiger charge is 2.27. The fourth-order valence-corrected chi connectivity index (χ4v) is 4.28. The fourth-order valence-electron chi connectivity index (χ4n) is 3.45. The predicted molar refractivity (Wildman–Crippen MR) is 92.6 cm³/mol. The molecule has 2 fully saturated rings. The van der Waals surface area contributed by atoms with Crippen LogP contribution in [-0.2, 0) is 27.7 Å². The van der Waals surface area contributed by atoms with Crippen LogP contribution in [0.15, 0.2) is 11.4 Å². The molecule has 1 aliphatic heterocycles. The molecular weight excluding hydrogens is 326 g/mol. The van der Waals surface area contributed by atoms with E-state index in [1.165, 1.54) is 19.1 Å². The third kappa shape index (κ3) is 4.58. The zero-order chi connectivity index (χ0) is 17.2. The lowest BCUT2D eigenvalue weighted by molar-refractivity contribution is 0.0932. The summed E-state index contributed by atoms with van der Waals surface area (Å²) in [7, 11) is -3.34. The largest absolute Gasteiger partial charge is 0.376 e. The molecule has 0 N–H and O–H groups in total. The highest BCUT2D eigenvalue weighted by molar-refractivity contribution is 7.90. The molecule has 0 radical (unpaired) electrons. The summed E-state index contributed by atoms with van der Waals surface area (Å²) in [5.74, 6) is 0.820. The Morgan fingerprint density at radius 2 is 2.17 bits per heavy atom. The third-order valence-corrected chi connectivity index (χ3v) is 5.77. The number of rotatable bonds is 9. The minimum Gasteiger partial charge on any atom is -0.376 e. The Morgan fingerprint density at radius 3 is 2.75 bits per heavy atom. The molecule has 7 heteroatoms. The van der Waals surface area contributed by atoms with Gasteiger partial charge in [0.25, 0.3) is 0 Å². The Hall–Kier alpha value is -0.920. The lowest BCUT2D eigenvalue weighted by Gasteiger charge is -2.23. The van der Waals surface area contributed by atoms with Gasteiger partial charge in [-0.1, -0.05) is 6.92 Å². The minimum atomic E-state index is -3.34. The lowest BCUT2D eigenvalue weighted by atomic mass is 10.2. The molecule has 2 heterocycles. The molecule has 136 valence electrons. The van der Waals surface area contributed by atoms with Gasteiger partial charge in [-0.15, -0.1) is 0 Å². The van der Waals surface area contributed by atoms with Crippen LogP contribution >= 0.6 is 0 Å². The van der Waals surface area contributed by atoms with Crippen molar-refractivity contribution >= 4 is 9.84 Å². The van der Waals surface area contributed by atoms with Gasteiger partial charge < -0.3 is 9.30 Å². The van der Waals surface area contributed by atoms with Crippen LogP contribution < -0.4 is 0 Å². The van der Waals surface area contributed by atoms with Gasteiger partial charge in [0.05, 0.1) is 24.5 Å². The van der Waals surface area contributed by atoms with E-state index in [1.54, 1.807) is 6.20 Å². The smallest absolute Gasteiger partial charge is 0.227 e. The van der Waals surface area contributed by atoms with Gasteiger partial charge in [0, 0.05) is 26.0 Å². The standard InChI is InChI=1S/C17H29N3O3S/c1-3-8-19(11-14-6-7-14)12-15-10-18-17(24(2,21)22)20(15)13-16-5-4-9-23-16/h10,14,16H,3-9,11-13H2,1-2H3. The summed E-state index contributed by atoms with van der Waals surface area (Å²) in [4.78, 5) is 6.67. The number of imidazole rings is 1. The predicted octanol–water partition coefficient (Wildman–Crippen LogP) is 2.09. The van der Waals surface area contributed by atoms with Crippen LogP contribution in [0.1, 0.15) is 44.7 Å². The van der Waals surface area contributed by atoms with Gasteiger partial charge in [-0.25, -0.2) is 13.4 Å². The molecule has 1 atom stereocenters. The summed E-state index contributed by atoms with van der Waals surface area (Å²) in [6, 6.07) is 0. The van der Waals surface area contributed by atoms with E-state index in [2.05, 4.69) is 16.8 Å². The highest BCUT2D eigenvalue weighted by Crippen LogP contribution is 2.30. The van der Waals surface area contributed by atoms with E-state index in [-0.39, 0.29) is 11.3 Å². The molecule has 2 aliphatic rings. The second-order valence-electron chi connectivity index (χ2n) is 7.23. The summed E-state index contributed by atoms with van der Waals surface area (Å²) >= 11 is 0. The van der Waals surface area contributed by atoms with E-state index in [9.17, 15) is 8.42 Å². The molecule has 6 nitrogen and oxygen atoms in total.